The van der Waals surface area contributed by atoms with Crippen LogP contribution in [-0.2, 0) is 11.3 Å². The fourth-order valence-corrected chi connectivity index (χ4v) is 2.43. The van der Waals surface area contributed by atoms with Crippen molar-refractivity contribution in [1.82, 2.24) is 14.7 Å². The SMILES string of the molecule is COC(=O)c1c(N2CCC(N)C2)nn(CCN(C)C)c1N. The van der Waals surface area contributed by atoms with Crippen molar-refractivity contribution >= 4 is 17.6 Å². The van der Waals surface area contributed by atoms with Gasteiger partial charge in [0.1, 0.15) is 11.4 Å². The first kappa shape index (κ1) is 15.6. The lowest BCUT2D eigenvalue weighted by atomic mass is 10.3. The summed E-state index contributed by atoms with van der Waals surface area (Å²) >= 11 is 0. The quantitative estimate of drug-likeness (QED) is 0.696. The van der Waals surface area contributed by atoms with Crippen LogP contribution < -0.4 is 16.4 Å². The van der Waals surface area contributed by atoms with Crippen molar-refractivity contribution in [2.75, 3.05) is 51.5 Å². The molecule has 1 aromatic heterocycles. The van der Waals surface area contributed by atoms with E-state index in [9.17, 15) is 4.79 Å². The Morgan fingerprint density at radius 2 is 2.24 bits per heavy atom. The van der Waals surface area contributed by atoms with Crippen LogP contribution in [-0.4, -0.2) is 67.5 Å². The van der Waals surface area contributed by atoms with Crippen LogP contribution in [0.25, 0.3) is 0 Å². The zero-order chi connectivity index (χ0) is 15.6. The summed E-state index contributed by atoms with van der Waals surface area (Å²) < 4.78 is 6.50. The van der Waals surface area contributed by atoms with Gasteiger partial charge in [0.15, 0.2) is 5.82 Å². The highest BCUT2D eigenvalue weighted by molar-refractivity contribution is 5.99. The first-order chi connectivity index (χ1) is 9.93. The Balaban J connectivity index is 2.33. The van der Waals surface area contributed by atoms with Crippen molar-refractivity contribution in [2.24, 2.45) is 5.73 Å². The van der Waals surface area contributed by atoms with Crippen LogP contribution in [0.1, 0.15) is 16.8 Å². The number of methoxy groups -OCH3 is 1. The van der Waals surface area contributed by atoms with E-state index >= 15 is 0 Å². The van der Waals surface area contributed by atoms with Gasteiger partial charge in [-0.05, 0) is 20.5 Å². The molecule has 0 bridgehead atoms. The number of hydrogen-bond acceptors (Lipinski definition) is 7. The molecule has 1 atom stereocenters. The molecule has 0 radical (unpaired) electrons. The highest BCUT2D eigenvalue weighted by Crippen LogP contribution is 2.28. The van der Waals surface area contributed by atoms with Gasteiger partial charge in [0.05, 0.1) is 13.7 Å². The molecular weight excluding hydrogens is 272 g/mol. The van der Waals surface area contributed by atoms with Crippen molar-refractivity contribution in [3.63, 3.8) is 0 Å². The maximum absolute atomic E-state index is 12.0. The molecule has 0 amide bonds. The molecule has 2 rings (SSSR count). The van der Waals surface area contributed by atoms with Crippen molar-refractivity contribution in [2.45, 2.75) is 19.0 Å². The van der Waals surface area contributed by atoms with Gasteiger partial charge >= 0.3 is 5.97 Å². The number of ether oxygens (including phenoxy) is 1. The largest absolute Gasteiger partial charge is 0.465 e. The van der Waals surface area contributed by atoms with E-state index in [-0.39, 0.29) is 6.04 Å². The maximum Gasteiger partial charge on any atom is 0.345 e. The van der Waals surface area contributed by atoms with Crippen LogP contribution >= 0.6 is 0 Å². The molecule has 1 saturated heterocycles. The minimum absolute atomic E-state index is 0.101. The lowest BCUT2D eigenvalue weighted by Crippen LogP contribution is -2.27. The number of carbonyl (C=O) groups is 1. The van der Waals surface area contributed by atoms with E-state index in [2.05, 4.69) is 5.10 Å². The molecule has 21 heavy (non-hydrogen) atoms. The first-order valence-corrected chi connectivity index (χ1v) is 7.04. The average Bonchev–Trinajstić information content (AvgIpc) is 2.99. The van der Waals surface area contributed by atoms with Crippen LogP contribution in [0, 0.1) is 0 Å². The number of hydrogen-bond donors (Lipinski definition) is 2. The Morgan fingerprint density at radius 3 is 2.76 bits per heavy atom. The zero-order valence-corrected chi connectivity index (χ0v) is 12.9. The molecule has 8 heteroatoms. The predicted molar refractivity (Wildman–Crippen MR) is 81.3 cm³/mol. The second-order valence-electron chi connectivity index (χ2n) is 5.60. The molecule has 118 valence electrons. The molecule has 0 saturated carbocycles. The Hall–Kier alpha value is -1.80. The number of nitrogen functional groups attached to an aromatic ring is 1. The second-order valence-corrected chi connectivity index (χ2v) is 5.60. The minimum atomic E-state index is -0.459. The third kappa shape index (κ3) is 3.27. The van der Waals surface area contributed by atoms with E-state index in [0.29, 0.717) is 30.3 Å². The van der Waals surface area contributed by atoms with E-state index in [4.69, 9.17) is 16.2 Å². The molecule has 1 fully saturated rings. The Labute approximate surface area is 124 Å². The van der Waals surface area contributed by atoms with Crippen molar-refractivity contribution < 1.29 is 9.53 Å². The Morgan fingerprint density at radius 1 is 1.52 bits per heavy atom. The van der Waals surface area contributed by atoms with Crippen LogP contribution in [0.15, 0.2) is 0 Å². The molecule has 1 aliphatic heterocycles. The van der Waals surface area contributed by atoms with E-state index in [1.165, 1.54) is 7.11 Å². The van der Waals surface area contributed by atoms with Crippen LogP contribution in [0.3, 0.4) is 0 Å². The molecule has 1 aliphatic rings. The van der Waals surface area contributed by atoms with Crippen molar-refractivity contribution in [3.05, 3.63) is 5.56 Å². The van der Waals surface area contributed by atoms with E-state index in [1.807, 2.05) is 23.9 Å². The highest BCUT2D eigenvalue weighted by atomic mass is 16.5. The topological polar surface area (TPSA) is 103 Å². The Bertz CT molecular complexity index is 513. The normalized spacial score (nSPS) is 18.5. The lowest BCUT2D eigenvalue weighted by Gasteiger charge is -2.15. The van der Waals surface area contributed by atoms with E-state index < -0.39 is 5.97 Å². The molecule has 2 heterocycles. The first-order valence-electron chi connectivity index (χ1n) is 7.04. The van der Waals surface area contributed by atoms with Gasteiger partial charge in [-0.2, -0.15) is 5.10 Å². The summed E-state index contributed by atoms with van der Waals surface area (Å²) in [4.78, 5) is 16.1. The van der Waals surface area contributed by atoms with Gasteiger partial charge in [-0.3, -0.25) is 0 Å². The molecule has 8 nitrogen and oxygen atoms in total. The van der Waals surface area contributed by atoms with Crippen LogP contribution in [0.4, 0.5) is 11.6 Å². The van der Waals surface area contributed by atoms with Crippen LogP contribution in [0.5, 0.6) is 0 Å². The third-order valence-electron chi connectivity index (χ3n) is 3.65. The van der Waals surface area contributed by atoms with Gasteiger partial charge in [-0.15, -0.1) is 0 Å². The molecule has 1 aromatic rings. The van der Waals surface area contributed by atoms with Gasteiger partial charge in [-0.1, -0.05) is 0 Å². The van der Waals surface area contributed by atoms with Gasteiger partial charge in [0.2, 0.25) is 0 Å². The Kier molecular flexibility index (Phi) is 4.69. The van der Waals surface area contributed by atoms with Gasteiger partial charge in [0, 0.05) is 25.7 Å². The molecule has 0 aliphatic carbocycles. The smallest absolute Gasteiger partial charge is 0.345 e. The monoisotopic (exact) mass is 296 g/mol. The van der Waals surface area contributed by atoms with Crippen molar-refractivity contribution in [3.8, 4) is 0 Å². The summed E-state index contributed by atoms with van der Waals surface area (Å²) in [6, 6.07) is 0.101. The van der Waals surface area contributed by atoms with Crippen LogP contribution in [0.2, 0.25) is 0 Å². The number of rotatable bonds is 5. The molecule has 0 aromatic carbocycles. The standard InChI is InChI=1S/C13H24N6O2/c1-17(2)6-7-19-11(15)10(13(20)21-3)12(16-19)18-5-4-9(14)8-18/h9H,4-8,14-15H2,1-3H3. The number of nitrogens with zero attached hydrogens (tertiary/aromatic N) is 4. The summed E-state index contributed by atoms with van der Waals surface area (Å²) in [6.07, 6.45) is 0.880. The average molecular weight is 296 g/mol. The number of aromatic nitrogens is 2. The fourth-order valence-electron chi connectivity index (χ4n) is 2.43. The predicted octanol–water partition coefficient (Wildman–Crippen LogP) is -0.649. The number of carbonyl (C=O) groups excluding carboxylic acids is 1. The van der Waals surface area contributed by atoms with Gasteiger partial charge < -0.3 is 26.0 Å². The summed E-state index contributed by atoms with van der Waals surface area (Å²) in [5.41, 5.74) is 12.4. The van der Waals surface area contributed by atoms with Crippen molar-refractivity contribution in [1.29, 1.82) is 0 Å². The summed E-state index contributed by atoms with van der Waals surface area (Å²) in [5, 5.41) is 4.50. The number of anilines is 2. The summed E-state index contributed by atoms with van der Waals surface area (Å²) in [7, 11) is 5.29. The highest BCUT2D eigenvalue weighted by Gasteiger charge is 2.30. The number of likely N-dealkylation sites (N-methyl/N-ethyl adjacent to an activating group) is 1. The van der Waals surface area contributed by atoms with Gasteiger partial charge in [-0.25, -0.2) is 9.48 Å². The zero-order valence-electron chi connectivity index (χ0n) is 12.9. The molecule has 4 N–H and O–H groups in total. The second kappa shape index (κ2) is 6.31. The minimum Gasteiger partial charge on any atom is -0.465 e. The lowest BCUT2D eigenvalue weighted by molar-refractivity contribution is 0.0602. The maximum atomic E-state index is 12.0. The molecule has 0 spiro atoms. The van der Waals surface area contributed by atoms with E-state index in [0.717, 1.165) is 19.5 Å². The summed E-state index contributed by atoms with van der Waals surface area (Å²) in [6.45, 7) is 2.84. The summed E-state index contributed by atoms with van der Waals surface area (Å²) in [5.74, 6) is 0.462. The third-order valence-corrected chi connectivity index (χ3v) is 3.65. The number of nitrogens with two attached hydrogens (primary N) is 2. The van der Waals surface area contributed by atoms with Gasteiger partial charge in [0.25, 0.3) is 0 Å². The fraction of sp³-hybridized carbons (Fsp3) is 0.692. The molecular formula is C13H24N6O2. The molecule has 1 unspecified atom stereocenters. The van der Waals surface area contributed by atoms with E-state index in [1.54, 1.807) is 4.68 Å². The number of esters is 1.